The molecule has 2 atom stereocenters. The van der Waals surface area contributed by atoms with E-state index in [1.165, 1.54) is 12.1 Å². The van der Waals surface area contributed by atoms with Gasteiger partial charge in [0.15, 0.2) is 0 Å². The van der Waals surface area contributed by atoms with E-state index in [2.05, 4.69) is 51.1 Å². The summed E-state index contributed by atoms with van der Waals surface area (Å²) in [5, 5.41) is 10.4. The molecule has 2 unspecified atom stereocenters. The van der Waals surface area contributed by atoms with Crippen LogP contribution in [-0.4, -0.2) is 42.4 Å². The molecule has 0 aromatic heterocycles. The first kappa shape index (κ1) is 23.3. The first-order valence-corrected chi connectivity index (χ1v) is 17.6. The van der Waals surface area contributed by atoms with E-state index < -0.39 is 32.4 Å². The van der Waals surface area contributed by atoms with Gasteiger partial charge in [0.1, 0.15) is 0 Å². The van der Waals surface area contributed by atoms with Crippen LogP contribution in [0, 0.1) is 6.92 Å². The lowest BCUT2D eigenvalue weighted by molar-refractivity contribution is 0.103. The topological polar surface area (TPSA) is 63.6 Å². The Hall–Kier alpha value is -0.736. The van der Waals surface area contributed by atoms with Gasteiger partial charge in [0.2, 0.25) is 0 Å². The Labute approximate surface area is 161 Å². The van der Waals surface area contributed by atoms with Gasteiger partial charge >= 0.3 is 0 Å². The zero-order valence-corrected chi connectivity index (χ0v) is 19.9. The highest BCUT2D eigenvalue weighted by molar-refractivity contribution is 7.86. The number of benzene rings is 1. The van der Waals surface area contributed by atoms with Gasteiger partial charge in [-0.15, -0.1) is 0 Å². The standard InChI is InChI=1S/C19H34O4SSi2/c1-16-8-10-18(11-9-16)24(21,22)23-15-17(20)14-19(26(5,6)7)12-13-25(2,3)4/h8-13,17,19-20H,14-15H2,1-7H3/b13-12+. The van der Waals surface area contributed by atoms with Gasteiger partial charge in [-0.25, -0.2) is 0 Å². The fourth-order valence-electron chi connectivity index (χ4n) is 2.43. The second-order valence-corrected chi connectivity index (χ2v) is 21.3. The van der Waals surface area contributed by atoms with Crippen molar-refractivity contribution >= 4 is 26.3 Å². The summed E-state index contributed by atoms with van der Waals surface area (Å²) < 4.78 is 29.6. The third-order valence-electron chi connectivity index (χ3n) is 4.19. The van der Waals surface area contributed by atoms with Gasteiger partial charge in [-0.05, 0) is 31.0 Å². The first-order valence-electron chi connectivity index (χ1n) is 9.04. The number of aryl methyl sites for hydroxylation is 1. The van der Waals surface area contributed by atoms with Crippen LogP contribution in [0.2, 0.25) is 44.8 Å². The largest absolute Gasteiger partial charge is 0.391 e. The molecule has 0 amide bonds. The number of allylic oxidation sites excluding steroid dienone is 1. The smallest absolute Gasteiger partial charge is 0.297 e. The molecule has 0 saturated carbocycles. The molecule has 1 aromatic carbocycles. The van der Waals surface area contributed by atoms with Crippen molar-refractivity contribution in [1.29, 1.82) is 0 Å². The molecule has 1 aromatic rings. The lowest BCUT2D eigenvalue weighted by Crippen LogP contribution is -2.32. The highest BCUT2D eigenvalue weighted by Gasteiger charge is 2.28. The minimum Gasteiger partial charge on any atom is -0.391 e. The molecule has 1 rings (SSSR count). The van der Waals surface area contributed by atoms with Crippen molar-refractivity contribution in [2.45, 2.75) is 69.2 Å². The van der Waals surface area contributed by atoms with Gasteiger partial charge in [-0.1, -0.05) is 68.8 Å². The lowest BCUT2D eigenvalue weighted by atomic mass is 10.2. The first-order chi connectivity index (χ1) is 11.7. The van der Waals surface area contributed by atoms with Crippen LogP contribution < -0.4 is 0 Å². The SMILES string of the molecule is Cc1ccc(S(=O)(=O)OCC(O)CC(/C=C/[Si](C)(C)C)[Si](C)(C)C)cc1. The number of hydrogen-bond acceptors (Lipinski definition) is 4. The maximum absolute atomic E-state index is 12.3. The van der Waals surface area contributed by atoms with Gasteiger partial charge in [-0.2, -0.15) is 8.42 Å². The predicted molar refractivity (Wildman–Crippen MR) is 115 cm³/mol. The van der Waals surface area contributed by atoms with Crippen LogP contribution in [0.5, 0.6) is 0 Å². The van der Waals surface area contributed by atoms with E-state index in [9.17, 15) is 13.5 Å². The average Bonchev–Trinajstić information content (AvgIpc) is 2.48. The van der Waals surface area contributed by atoms with Crippen LogP contribution in [-0.2, 0) is 14.3 Å². The van der Waals surface area contributed by atoms with Crippen LogP contribution in [0.15, 0.2) is 40.9 Å². The second kappa shape index (κ2) is 8.97. The van der Waals surface area contributed by atoms with Crippen LogP contribution in [0.3, 0.4) is 0 Å². The fraction of sp³-hybridized carbons (Fsp3) is 0.579. The van der Waals surface area contributed by atoms with Gasteiger partial charge in [0.05, 0.1) is 33.8 Å². The third kappa shape index (κ3) is 8.30. The van der Waals surface area contributed by atoms with Crippen LogP contribution in [0.4, 0.5) is 0 Å². The molecule has 0 aliphatic carbocycles. The molecular weight excluding hydrogens is 380 g/mol. The van der Waals surface area contributed by atoms with Crippen molar-refractivity contribution in [3.05, 3.63) is 41.6 Å². The maximum atomic E-state index is 12.3. The lowest BCUT2D eigenvalue weighted by Gasteiger charge is -2.29. The molecule has 0 saturated heterocycles. The highest BCUT2D eigenvalue weighted by atomic mass is 32.2. The van der Waals surface area contributed by atoms with Crippen molar-refractivity contribution in [3.8, 4) is 0 Å². The number of hydrogen-bond donors (Lipinski definition) is 1. The molecule has 26 heavy (non-hydrogen) atoms. The average molecular weight is 415 g/mol. The highest BCUT2D eigenvalue weighted by Crippen LogP contribution is 2.29. The van der Waals surface area contributed by atoms with E-state index in [0.29, 0.717) is 6.42 Å². The van der Waals surface area contributed by atoms with Crippen LogP contribution in [0.25, 0.3) is 0 Å². The van der Waals surface area contributed by atoms with Gasteiger partial charge < -0.3 is 5.11 Å². The maximum Gasteiger partial charge on any atom is 0.297 e. The summed E-state index contributed by atoms with van der Waals surface area (Å²) in [6.45, 7) is 15.3. The molecule has 0 aliphatic rings. The van der Waals surface area contributed by atoms with Crippen LogP contribution in [0.1, 0.15) is 12.0 Å². The summed E-state index contributed by atoms with van der Waals surface area (Å²) in [5.41, 5.74) is 3.58. The number of aliphatic hydroxyl groups is 1. The molecule has 4 nitrogen and oxygen atoms in total. The number of aliphatic hydroxyl groups excluding tert-OH is 1. The Kier molecular flexibility index (Phi) is 8.04. The Morgan fingerprint density at radius 3 is 2.08 bits per heavy atom. The summed E-state index contributed by atoms with van der Waals surface area (Å²) in [4.78, 5) is 0.121. The van der Waals surface area contributed by atoms with E-state index in [1.54, 1.807) is 12.1 Å². The Morgan fingerprint density at radius 1 is 1.08 bits per heavy atom. The minimum absolute atomic E-state index is 0.121. The summed E-state index contributed by atoms with van der Waals surface area (Å²) in [6, 6.07) is 6.52. The molecule has 0 spiro atoms. The Balaban J connectivity index is 2.74. The quantitative estimate of drug-likeness (QED) is 0.474. The molecular formula is C19H34O4SSi2. The van der Waals surface area contributed by atoms with Gasteiger partial charge in [0, 0.05) is 0 Å². The van der Waals surface area contributed by atoms with Crippen molar-refractivity contribution < 1.29 is 17.7 Å². The summed E-state index contributed by atoms with van der Waals surface area (Å²) in [5.74, 6) is 0. The minimum atomic E-state index is -3.84. The summed E-state index contributed by atoms with van der Waals surface area (Å²) in [6.07, 6.45) is 1.97. The van der Waals surface area contributed by atoms with Crippen LogP contribution >= 0.6 is 0 Å². The zero-order chi connectivity index (χ0) is 20.2. The van der Waals surface area contributed by atoms with Crippen molar-refractivity contribution in [2.75, 3.05) is 6.61 Å². The summed E-state index contributed by atoms with van der Waals surface area (Å²) in [7, 11) is -6.68. The molecule has 0 fully saturated rings. The zero-order valence-electron chi connectivity index (χ0n) is 17.1. The van der Waals surface area contributed by atoms with Gasteiger partial charge in [-0.3, -0.25) is 4.18 Å². The molecule has 1 N–H and O–H groups in total. The molecule has 0 aliphatic heterocycles. The molecule has 0 bridgehead atoms. The fourth-order valence-corrected chi connectivity index (χ4v) is 6.02. The molecule has 0 heterocycles. The van der Waals surface area contributed by atoms with E-state index in [4.69, 9.17) is 4.18 Å². The molecule has 0 radical (unpaired) electrons. The van der Waals surface area contributed by atoms with E-state index in [1.807, 2.05) is 6.92 Å². The van der Waals surface area contributed by atoms with Crippen molar-refractivity contribution in [2.24, 2.45) is 0 Å². The second-order valence-electron chi connectivity index (χ2n) is 9.14. The van der Waals surface area contributed by atoms with Crippen molar-refractivity contribution in [1.82, 2.24) is 0 Å². The van der Waals surface area contributed by atoms with E-state index in [-0.39, 0.29) is 17.0 Å². The molecule has 7 heteroatoms. The molecule has 148 valence electrons. The van der Waals surface area contributed by atoms with Gasteiger partial charge in [0.25, 0.3) is 10.1 Å². The number of rotatable bonds is 9. The predicted octanol–water partition coefficient (Wildman–Crippen LogP) is 4.59. The normalized spacial score (nSPS) is 16.0. The summed E-state index contributed by atoms with van der Waals surface area (Å²) >= 11 is 0. The monoisotopic (exact) mass is 414 g/mol. The van der Waals surface area contributed by atoms with E-state index >= 15 is 0 Å². The third-order valence-corrected chi connectivity index (χ3v) is 9.33. The Bertz CT molecular complexity index is 699. The van der Waals surface area contributed by atoms with E-state index in [0.717, 1.165) is 5.56 Å². The van der Waals surface area contributed by atoms with Crippen molar-refractivity contribution in [3.63, 3.8) is 0 Å². The Morgan fingerprint density at radius 2 is 1.62 bits per heavy atom.